The van der Waals surface area contributed by atoms with Gasteiger partial charge in [0, 0.05) is 19.1 Å². The zero-order chi connectivity index (χ0) is 22.7. The van der Waals surface area contributed by atoms with E-state index in [-0.39, 0.29) is 22.8 Å². The second-order valence-electron chi connectivity index (χ2n) is 7.63. The summed E-state index contributed by atoms with van der Waals surface area (Å²) < 4.78 is 10.3. The number of rotatable bonds is 7. The second kappa shape index (κ2) is 9.36. The third kappa shape index (κ3) is 5.15. The molecule has 1 amide bonds. The minimum Gasteiger partial charge on any atom is -0.413 e. The van der Waals surface area contributed by atoms with Gasteiger partial charge in [-0.25, -0.2) is 9.59 Å². The quantitative estimate of drug-likeness (QED) is 0.558. The van der Waals surface area contributed by atoms with Crippen molar-refractivity contribution in [3.8, 4) is 0 Å². The van der Waals surface area contributed by atoms with Gasteiger partial charge in [-0.15, -0.1) is 0 Å². The van der Waals surface area contributed by atoms with Crippen LogP contribution in [-0.2, 0) is 0 Å². The average molecular weight is 446 g/mol. The Bertz CT molecular complexity index is 1200. The summed E-state index contributed by atoms with van der Waals surface area (Å²) in [7, 11) is 7.39. The Hall–Kier alpha value is -3.10. The van der Waals surface area contributed by atoms with Crippen molar-refractivity contribution in [2.75, 3.05) is 39.6 Å². The van der Waals surface area contributed by atoms with Crippen LogP contribution in [0, 0.1) is 0 Å². The molecule has 0 fully saturated rings. The van der Waals surface area contributed by atoms with E-state index in [0.29, 0.717) is 17.1 Å². The number of halogens is 1. The van der Waals surface area contributed by atoms with E-state index in [1.807, 2.05) is 31.1 Å². The zero-order valence-electron chi connectivity index (χ0n) is 17.8. The highest BCUT2D eigenvalue weighted by Gasteiger charge is 2.22. The fourth-order valence-corrected chi connectivity index (χ4v) is 3.32. The van der Waals surface area contributed by atoms with Crippen molar-refractivity contribution < 1.29 is 13.6 Å². The molecule has 2 aromatic carbocycles. The van der Waals surface area contributed by atoms with Crippen molar-refractivity contribution >= 4 is 34.4 Å². The van der Waals surface area contributed by atoms with Crippen molar-refractivity contribution in [1.29, 1.82) is 0 Å². The van der Waals surface area contributed by atoms with Crippen LogP contribution in [0.25, 0.3) is 11.2 Å². The van der Waals surface area contributed by atoms with Crippen LogP contribution in [0.5, 0.6) is 0 Å². The van der Waals surface area contributed by atoms with Gasteiger partial charge >= 0.3 is 11.3 Å². The molecule has 1 atom stereocenters. The first-order valence-corrected chi connectivity index (χ1v) is 10.0. The van der Waals surface area contributed by atoms with Gasteiger partial charge in [-0.05, 0) is 56.9 Å². The van der Waals surface area contributed by atoms with Crippen molar-refractivity contribution in [3.63, 3.8) is 0 Å². The highest BCUT2D eigenvalue weighted by molar-refractivity contribution is 6.30. The number of hydrogen-bond acceptors (Lipinski definition) is 7. The number of anilines is 1. The lowest BCUT2D eigenvalue weighted by Crippen LogP contribution is -2.31. The summed E-state index contributed by atoms with van der Waals surface area (Å²) in [5, 5.41) is 3.60. The topological polar surface area (TPSA) is 96.0 Å². The number of carbonyl (C=O) groups is 1. The first-order chi connectivity index (χ1) is 14.7. The summed E-state index contributed by atoms with van der Waals surface area (Å²) in [6, 6.07) is 10.1. The highest BCUT2D eigenvalue weighted by Crippen LogP contribution is 2.28. The van der Waals surface area contributed by atoms with Crippen molar-refractivity contribution in [3.05, 3.63) is 73.4 Å². The van der Waals surface area contributed by atoms with Gasteiger partial charge in [0.15, 0.2) is 11.2 Å². The lowest BCUT2D eigenvalue weighted by atomic mass is 10.0. The van der Waals surface area contributed by atoms with E-state index in [9.17, 15) is 14.4 Å². The molecular weight excluding hydrogens is 422 g/mol. The van der Waals surface area contributed by atoms with Crippen LogP contribution in [0.15, 0.2) is 54.8 Å². The SMILES string of the molecule is CN(C)CCC(NC(=O)c1ccc(N(C)C)c2oc(=O)c(=O)oc12)c1ccc(Cl)cc1. The van der Waals surface area contributed by atoms with E-state index in [0.717, 1.165) is 12.1 Å². The number of hydrogen-bond donors (Lipinski definition) is 1. The molecule has 9 heteroatoms. The van der Waals surface area contributed by atoms with Crippen molar-refractivity contribution in [2.24, 2.45) is 0 Å². The minimum absolute atomic E-state index is 0.0404. The van der Waals surface area contributed by atoms with E-state index in [4.69, 9.17) is 20.4 Å². The monoisotopic (exact) mass is 445 g/mol. The number of carbonyl (C=O) groups excluding carboxylic acids is 1. The number of fused-ring (bicyclic) bond motifs is 1. The van der Waals surface area contributed by atoms with E-state index in [1.54, 1.807) is 43.3 Å². The molecule has 164 valence electrons. The molecule has 0 aliphatic carbocycles. The van der Waals surface area contributed by atoms with Crippen LogP contribution in [0.1, 0.15) is 28.4 Å². The normalized spacial score (nSPS) is 12.2. The van der Waals surface area contributed by atoms with Gasteiger partial charge in [0.2, 0.25) is 0 Å². The Morgan fingerprint density at radius 3 is 2.16 bits per heavy atom. The van der Waals surface area contributed by atoms with Crippen molar-refractivity contribution in [2.45, 2.75) is 12.5 Å². The van der Waals surface area contributed by atoms with Crippen LogP contribution in [-0.4, -0.2) is 45.5 Å². The molecular formula is C22H24ClN3O5. The average Bonchev–Trinajstić information content (AvgIpc) is 2.71. The summed E-state index contributed by atoms with van der Waals surface area (Å²) in [5.74, 6) is -0.453. The molecule has 3 aromatic rings. The van der Waals surface area contributed by atoms with Crippen LogP contribution in [0.3, 0.4) is 0 Å². The van der Waals surface area contributed by atoms with Gasteiger partial charge in [-0.1, -0.05) is 23.7 Å². The van der Waals surface area contributed by atoms with Gasteiger partial charge < -0.3 is 24.0 Å². The van der Waals surface area contributed by atoms with Crippen LogP contribution >= 0.6 is 11.6 Å². The van der Waals surface area contributed by atoms with Gasteiger partial charge in [0.1, 0.15) is 0 Å². The van der Waals surface area contributed by atoms with Crippen molar-refractivity contribution in [1.82, 2.24) is 10.2 Å². The van der Waals surface area contributed by atoms with E-state index in [1.165, 1.54) is 0 Å². The molecule has 1 N–H and O–H groups in total. The van der Waals surface area contributed by atoms with E-state index >= 15 is 0 Å². The molecule has 0 saturated carbocycles. The second-order valence-corrected chi connectivity index (χ2v) is 8.07. The van der Waals surface area contributed by atoms with Gasteiger partial charge in [-0.3, -0.25) is 4.79 Å². The zero-order valence-corrected chi connectivity index (χ0v) is 18.5. The molecule has 0 aliphatic heterocycles. The Balaban J connectivity index is 2.02. The smallest absolute Gasteiger partial charge is 0.413 e. The molecule has 0 spiro atoms. The number of benzene rings is 2. The maximum Gasteiger partial charge on any atom is 0.423 e. The predicted octanol–water partition coefficient (Wildman–Crippen LogP) is 2.89. The first-order valence-electron chi connectivity index (χ1n) is 9.66. The lowest BCUT2D eigenvalue weighted by molar-refractivity contribution is 0.0933. The Morgan fingerprint density at radius 2 is 1.58 bits per heavy atom. The maximum atomic E-state index is 13.2. The highest BCUT2D eigenvalue weighted by atomic mass is 35.5. The Morgan fingerprint density at radius 1 is 0.968 bits per heavy atom. The van der Waals surface area contributed by atoms with Gasteiger partial charge in [0.05, 0.1) is 17.3 Å². The first kappa shape index (κ1) is 22.6. The summed E-state index contributed by atoms with van der Waals surface area (Å²) >= 11 is 6.00. The Labute approximate surface area is 184 Å². The number of nitrogens with zero attached hydrogens (tertiary/aromatic N) is 2. The Kier molecular flexibility index (Phi) is 6.82. The summed E-state index contributed by atoms with van der Waals surface area (Å²) in [6.45, 7) is 0.734. The van der Waals surface area contributed by atoms with Crippen LogP contribution < -0.4 is 21.5 Å². The molecule has 0 bridgehead atoms. The summed E-state index contributed by atoms with van der Waals surface area (Å²) in [4.78, 5) is 40.4. The third-order valence-corrected chi connectivity index (χ3v) is 5.07. The third-order valence-electron chi connectivity index (χ3n) is 4.82. The molecule has 0 aliphatic rings. The standard InChI is InChI=1S/C22H24ClN3O5/c1-25(2)12-11-16(13-5-7-14(23)8-6-13)24-20(27)15-9-10-17(26(3)4)19-18(15)30-21(28)22(29)31-19/h5-10,16H,11-12H2,1-4H3,(H,24,27). The molecule has 1 heterocycles. The van der Waals surface area contributed by atoms with Gasteiger partial charge in [-0.2, -0.15) is 0 Å². The fraction of sp³-hybridized carbons (Fsp3) is 0.318. The summed E-state index contributed by atoms with van der Waals surface area (Å²) in [6.07, 6.45) is 0.646. The molecule has 1 aromatic heterocycles. The number of amides is 1. The van der Waals surface area contributed by atoms with Gasteiger partial charge in [0.25, 0.3) is 5.91 Å². The summed E-state index contributed by atoms with van der Waals surface area (Å²) in [5.41, 5.74) is -0.826. The molecule has 31 heavy (non-hydrogen) atoms. The van der Waals surface area contributed by atoms with Crippen LogP contribution in [0.2, 0.25) is 5.02 Å². The molecule has 0 saturated heterocycles. The van der Waals surface area contributed by atoms with E-state index < -0.39 is 17.2 Å². The molecule has 0 radical (unpaired) electrons. The van der Waals surface area contributed by atoms with Crippen LogP contribution in [0.4, 0.5) is 5.69 Å². The lowest BCUT2D eigenvalue weighted by Gasteiger charge is -2.22. The van der Waals surface area contributed by atoms with E-state index in [2.05, 4.69) is 5.32 Å². The minimum atomic E-state index is -1.17. The largest absolute Gasteiger partial charge is 0.423 e. The predicted molar refractivity (Wildman–Crippen MR) is 120 cm³/mol. The molecule has 1 unspecified atom stereocenters. The molecule has 3 rings (SSSR count). The maximum absolute atomic E-state index is 13.2. The number of nitrogens with one attached hydrogen (secondary N) is 1. The molecule has 8 nitrogen and oxygen atoms in total. The fourth-order valence-electron chi connectivity index (χ4n) is 3.19.